The third-order valence-electron chi connectivity index (χ3n) is 5.71. The minimum Gasteiger partial charge on any atom is -0.368 e. The molecule has 9 nitrogen and oxygen atoms in total. The Balaban J connectivity index is 1.35. The Morgan fingerprint density at radius 2 is 1.82 bits per heavy atom. The maximum Gasteiger partial charge on any atom is 0.321 e. The van der Waals surface area contributed by atoms with Gasteiger partial charge in [-0.05, 0) is 18.2 Å². The molecule has 0 bridgehead atoms. The molecule has 1 aromatic carbocycles. The Kier molecular flexibility index (Phi) is 4.97. The number of hydrogen-bond donors (Lipinski definition) is 2. The van der Waals surface area contributed by atoms with E-state index >= 15 is 0 Å². The van der Waals surface area contributed by atoms with Crippen LogP contribution in [0.1, 0.15) is 6.92 Å². The lowest BCUT2D eigenvalue weighted by molar-refractivity contribution is -0.129. The van der Waals surface area contributed by atoms with Crippen molar-refractivity contribution >= 4 is 29.3 Å². The number of amides is 5. The molecule has 5 amide bonds. The van der Waals surface area contributed by atoms with Crippen LogP contribution in [-0.2, 0) is 4.79 Å². The van der Waals surface area contributed by atoms with Crippen LogP contribution in [0.5, 0.6) is 0 Å². The highest BCUT2D eigenvalue weighted by Crippen LogP contribution is 2.22. The second-order valence-corrected chi connectivity index (χ2v) is 7.45. The summed E-state index contributed by atoms with van der Waals surface area (Å²) in [5, 5.41) is 5.80. The van der Waals surface area contributed by atoms with Gasteiger partial charge in [0.25, 0.3) is 0 Å². The van der Waals surface area contributed by atoms with Gasteiger partial charge >= 0.3 is 12.1 Å². The third-order valence-corrected chi connectivity index (χ3v) is 5.71. The van der Waals surface area contributed by atoms with Gasteiger partial charge in [0.2, 0.25) is 5.91 Å². The van der Waals surface area contributed by atoms with Crippen LogP contribution in [0.25, 0.3) is 0 Å². The number of urea groups is 2. The third kappa shape index (κ3) is 3.69. The molecule has 3 aliphatic rings. The molecule has 1 aromatic rings. The summed E-state index contributed by atoms with van der Waals surface area (Å²) in [6.45, 7) is 6.80. The van der Waals surface area contributed by atoms with E-state index < -0.39 is 0 Å². The van der Waals surface area contributed by atoms with Crippen molar-refractivity contribution in [1.82, 2.24) is 20.0 Å². The van der Waals surface area contributed by atoms with Crippen LogP contribution in [0.3, 0.4) is 0 Å². The van der Waals surface area contributed by atoms with Crippen LogP contribution < -0.4 is 15.5 Å². The number of carbonyl (C=O) groups is 3. The van der Waals surface area contributed by atoms with E-state index in [1.165, 1.54) is 0 Å². The maximum atomic E-state index is 12.7. The Morgan fingerprint density at radius 3 is 2.57 bits per heavy atom. The molecule has 0 radical (unpaired) electrons. The Hall–Kier alpha value is -2.97. The molecular formula is C19H26N6O3. The molecule has 3 fully saturated rings. The van der Waals surface area contributed by atoms with Crippen LogP contribution in [0.4, 0.5) is 21.0 Å². The highest BCUT2D eigenvalue weighted by Gasteiger charge is 2.36. The second kappa shape index (κ2) is 7.57. The van der Waals surface area contributed by atoms with E-state index in [0.29, 0.717) is 39.3 Å². The van der Waals surface area contributed by atoms with Crippen molar-refractivity contribution in [2.45, 2.75) is 13.0 Å². The average Bonchev–Trinajstić information content (AvgIpc) is 3.08. The van der Waals surface area contributed by atoms with E-state index in [1.54, 1.807) is 16.7 Å². The highest BCUT2D eigenvalue weighted by molar-refractivity contribution is 5.90. The van der Waals surface area contributed by atoms with Crippen LogP contribution >= 0.6 is 0 Å². The first-order chi connectivity index (χ1) is 13.5. The predicted octanol–water partition coefficient (Wildman–Crippen LogP) is 0.596. The lowest BCUT2D eigenvalue weighted by Gasteiger charge is -2.36. The molecule has 0 aliphatic carbocycles. The second-order valence-electron chi connectivity index (χ2n) is 7.45. The summed E-state index contributed by atoms with van der Waals surface area (Å²) in [7, 11) is 0. The summed E-state index contributed by atoms with van der Waals surface area (Å²) < 4.78 is 0. The first kappa shape index (κ1) is 18.4. The minimum atomic E-state index is -0.141. The summed E-state index contributed by atoms with van der Waals surface area (Å²) in [6, 6.07) is 7.67. The highest BCUT2D eigenvalue weighted by atomic mass is 16.2. The molecule has 1 unspecified atom stereocenters. The van der Waals surface area contributed by atoms with Gasteiger partial charge in [0, 0.05) is 70.7 Å². The predicted molar refractivity (Wildman–Crippen MR) is 105 cm³/mol. The van der Waals surface area contributed by atoms with Crippen molar-refractivity contribution in [3.05, 3.63) is 24.3 Å². The quantitative estimate of drug-likeness (QED) is 0.779. The van der Waals surface area contributed by atoms with Gasteiger partial charge in [-0.2, -0.15) is 0 Å². The molecule has 0 aromatic heterocycles. The van der Waals surface area contributed by atoms with E-state index in [2.05, 4.69) is 15.5 Å². The minimum absolute atomic E-state index is 0.0392. The number of rotatable bonds is 2. The van der Waals surface area contributed by atoms with Gasteiger partial charge in [-0.15, -0.1) is 0 Å². The zero-order chi connectivity index (χ0) is 19.7. The van der Waals surface area contributed by atoms with Gasteiger partial charge in [0.05, 0.1) is 6.04 Å². The van der Waals surface area contributed by atoms with E-state index in [1.807, 2.05) is 29.2 Å². The van der Waals surface area contributed by atoms with E-state index in [0.717, 1.165) is 24.5 Å². The molecule has 2 N–H and O–H groups in total. The molecule has 28 heavy (non-hydrogen) atoms. The molecule has 1 atom stereocenters. The van der Waals surface area contributed by atoms with Crippen molar-refractivity contribution in [2.24, 2.45) is 0 Å². The fourth-order valence-electron chi connectivity index (χ4n) is 4.05. The molecule has 9 heteroatoms. The van der Waals surface area contributed by atoms with Crippen LogP contribution in [0, 0.1) is 0 Å². The number of anilines is 2. The smallest absolute Gasteiger partial charge is 0.321 e. The SMILES string of the molecule is CC(=O)N1CCN(c2cccc(NC(=O)N3CCN4C(=O)NCC4C3)c2)CC1. The van der Waals surface area contributed by atoms with E-state index in [9.17, 15) is 14.4 Å². The van der Waals surface area contributed by atoms with Gasteiger partial charge in [-0.3, -0.25) is 4.79 Å². The molecule has 0 saturated carbocycles. The number of benzene rings is 1. The summed E-state index contributed by atoms with van der Waals surface area (Å²) in [4.78, 5) is 43.5. The summed E-state index contributed by atoms with van der Waals surface area (Å²) in [5.41, 5.74) is 1.79. The molecular weight excluding hydrogens is 360 g/mol. The van der Waals surface area contributed by atoms with Gasteiger partial charge in [-0.1, -0.05) is 6.07 Å². The number of nitrogens with zero attached hydrogens (tertiary/aromatic N) is 4. The molecule has 3 aliphatic heterocycles. The molecule has 0 spiro atoms. The zero-order valence-corrected chi connectivity index (χ0v) is 16.1. The lowest BCUT2D eigenvalue weighted by Crippen LogP contribution is -2.54. The van der Waals surface area contributed by atoms with Gasteiger partial charge in [0.1, 0.15) is 0 Å². The maximum absolute atomic E-state index is 12.7. The number of piperazine rings is 2. The monoisotopic (exact) mass is 386 g/mol. The lowest BCUT2D eigenvalue weighted by atomic mass is 10.2. The van der Waals surface area contributed by atoms with Crippen molar-refractivity contribution in [3.63, 3.8) is 0 Å². The summed E-state index contributed by atoms with van der Waals surface area (Å²) in [5.74, 6) is 0.111. The first-order valence-corrected chi connectivity index (χ1v) is 9.72. The molecule has 3 heterocycles. The number of carbonyl (C=O) groups excluding carboxylic acids is 3. The fourth-order valence-corrected chi connectivity index (χ4v) is 4.05. The number of hydrogen-bond acceptors (Lipinski definition) is 4. The van der Waals surface area contributed by atoms with Crippen molar-refractivity contribution in [2.75, 3.05) is 62.6 Å². The van der Waals surface area contributed by atoms with Gasteiger partial charge in [0.15, 0.2) is 0 Å². The zero-order valence-electron chi connectivity index (χ0n) is 16.1. The standard InChI is InChI=1S/C19H26N6O3/c1-14(26)22-5-7-23(8-6-22)16-4-2-3-15(11-16)21-19(28)24-9-10-25-17(13-24)12-20-18(25)27/h2-4,11,17H,5-10,12-13H2,1H3,(H,20,27)(H,21,28). The number of nitrogens with one attached hydrogen (secondary N) is 2. The van der Waals surface area contributed by atoms with Gasteiger partial charge < -0.3 is 30.2 Å². The van der Waals surface area contributed by atoms with Crippen molar-refractivity contribution < 1.29 is 14.4 Å². The van der Waals surface area contributed by atoms with Gasteiger partial charge in [-0.25, -0.2) is 9.59 Å². The largest absolute Gasteiger partial charge is 0.368 e. The summed E-state index contributed by atoms with van der Waals surface area (Å²) in [6.07, 6.45) is 0. The first-order valence-electron chi connectivity index (χ1n) is 9.72. The van der Waals surface area contributed by atoms with E-state index in [-0.39, 0.29) is 24.0 Å². The fraction of sp³-hybridized carbons (Fsp3) is 0.526. The average molecular weight is 386 g/mol. The van der Waals surface area contributed by atoms with E-state index in [4.69, 9.17) is 0 Å². The summed E-state index contributed by atoms with van der Waals surface area (Å²) >= 11 is 0. The molecule has 3 saturated heterocycles. The topological polar surface area (TPSA) is 88.2 Å². The van der Waals surface area contributed by atoms with Crippen LogP contribution in [0.15, 0.2) is 24.3 Å². The number of fused-ring (bicyclic) bond motifs is 1. The molecule has 4 rings (SSSR count). The molecule has 150 valence electrons. The Bertz CT molecular complexity index is 777. The Labute approximate surface area is 164 Å². The van der Waals surface area contributed by atoms with Crippen molar-refractivity contribution in [3.8, 4) is 0 Å². The normalized spacial score (nSPS) is 22.0. The van der Waals surface area contributed by atoms with Crippen molar-refractivity contribution in [1.29, 1.82) is 0 Å². The Morgan fingerprint density at radius 1 is 1.07 bits per heavy atom. The van der Waals surface area contributed by atoms with Crippen LogP contribution in [0.2, 0.25) is 0 Å². The van der Waals surface area contributed by atoms with Crippen LogP contribution in [-0.4, -0.2) is 91.1 Å².